The number of aromatic nitrogens is 4. The second kappa shape index (κ2) is 13.8. The van der Waals surface area contributed by atoms with Gasteiger partial charge in [0.25, 0.3) is 0 Å². The molecule has 0 spiro atoms. The fraction of sp³-hybridized carbons (Fsp3) is 0.320. The van der Waals surface area contributed by atoms with Crippen LogP contribution in [0.5, 0.6) is 11.5 Å². The second-order valence-corrected chi connectivity index (χ2v) is 9.38. The maximum atomic E-state index is 13.6. The van der Waals surface area contributed by atoms with Gasteiger partial charge in [0.1, 0.15) is 45.2 Å². The summed E-state index contributed by atoms with van der Waals surface area (Å²) in [6.45, 7) is 8.14. The SMILES string of the molecule is C=CC(=O)Nc1cn(C)nc1Nc1cc(N(CCNC(C)C)C(=O)Nc2c(Cl)c(OC)cc(OC)c2Cl)ncn1. The van der Waals surface area contributed by atoms with Crippen molar-refractivity contribution in [1.82, 2.24) is 25.1 Å². The van der Waals surface area contributed by atoms with Crippen molar-refractivity contribution in [2.75, 3.05) is 48.2 Å². The first-order valence-corrected chi connectivity index (χ1v) is 12.8. The van der Waals surface area contributed by atoms with Gasteiger partial charge >= 0.3 is 6.03 Å². The number of ether oxygens (including phenoxy) is 2. The highest BCUT2D eigenvalue weighted by Gasteiger charge is 2.24. The number of hydrogen-bond acceptors (Lipinski definition) is 9. The van der Waals surface area contributed by atoms with Gasteiger partial charge in [-0.05, 0) is 6.08 Å². The first kappa shape index (κ1) is 30.5. The fourth-order valence-corrected chi connectivity index (χ4v) is 4.09. The normalized spacial score (nSPS) is 10.7. The molecule has 0 bridgehead atoms. The molecule has 2 aromatic heterocycles. The van der Waals surface area contributed by atoms with E-state index < -0.39 is 11.9 Å². The number of amides is 3. The van der Waals surface area contributed by atoms with E-state index in [1.807, 2.05) is 13.8 Å². The van der Waals surface area contributed by atoms with Gasteiger partial charge in [-0.2, -0.15) is 5.10 Å². The smallest absolute Gasteiger partial charge is 0.327 e. The molecule has 40 heavy (non-hydrogen) atoms. The number of carbonyl (C=O) groups excluding carboxylic acids is 2. The minimum Gasteiger partial charge on any atom is -0.495 e. The number of urea groups is 1. The molecule has 2 heterocycles. The zero-order valence-corrected chi connectivity index (χ0v) is 24.2. The second-order valence-electron chi connectivity index (χ2n) is 8.62. The quantitative estimate of drug-likeness (QED) is 0.224. The van der Waals surface area contributed by atoms with E-state index in [1.165, 1.54) is 36.2 Å². The number of rotatable bonds is 12. The van der Waals surface area contributed by atoms with E-state index in [9.17, 15) is 9.59 Å². The Morgan fingerprint density at radius 2 is 1.80 bits per heavy atom. The minimum absolute atomic E-state index is 0.108. The van der Waals surface area contributed by atoms with Crippen LogP contribution in [0.2, 0.25) is 10.0 Å². The zero-order valence-electron chi connectivity index (χ0n) is 22.7. The Bertz CT molecular complexity index is 1350. The van der Waals surface area contributed by atoms with Gasteiger partial charge in [-0.15, -0.1) is 0 Å². The Labute approximate surface area is 241 Å². The van der Waals surface area contributed by atoms with Crippen LogP contribution in [-0.4, -0.2) is 65.0 Å². The largest absolute Gasteiger partial charge is 0.495 e. The summed E-state index contributed by atoms with van der Waals surface area (Å²) in [5, 5.41) is 16.3. The van der Waals surface area contributed by atoms with Crippen molar-refractivity contribution in [2.45, 2.75) is 19.9 Å². The molecule has 13 nitrogen and oxygen atoms in total. The lowest BCUT2D eigenvalue weighted by molar-refractivity contribution is -0.111. The van der Waals surface area contributed by atoms with Gasteiger partial charge in [-0.1, -0.05) is 43.6 Å². The molecule has 214 valence electrons. The van der Waals surface area contributed by atoms with Gasteiger partial charge in [0.15, 0.2) is 5.82 Å². The zero-order chi connectivity index (χ0) is 29.4. The van der Waals surface area contributed by atoms with Crippen LogP contribution in [0.25, 0.3) is 0 Å². The first-order valence-electron chi connectivity index (χ1n) is 12.1. The molecule has 0 aliphatic heterocycles. The van der Waals surface area contributed by atoms with Gasteiger partial charge in [-0.3, -0.25) is 14.4 Å². The summed E-state index contributed by atoms with van der Waals surface area (Å²) in [5.41, 5.74) is 0.536. The Hall–Kier alpha value is -4.07. The number of nitrogens with zero attached hydrogens (tertiary/aromatic N) is 5. The van der Waals surface area contributed by atoms with Crippen molar-refractivity contribution in [3.63, 3.8) is 0 Å². The van der Waals surface area contributed by atoms with Gasteiger partial charge < -0.3 is 30.7 Å². The van der Waals surface area contributed by atoms with Crippen molar-refractivity contribution in [1.29, 1.82) is 0 Å². The van der Waals surface area contributed by atoms with Crippen LogP contribution < -0.4 is 35.6 Å². The average Bonchev–Trinajstić information content (AvgIpc) is 3.26. The lowest BCUT2D eigenvalue weighted by atomic mass is 10.2. The summed E-state index contributed by atoms with van der Waals surface area (Å²) < 4.78 is 12.1. The maximum absolute atomic E-state index is 13.6. The van der Waals surface area contributed by atoms with E-state index >= 15 is 0 Å². The van der Waals surface area contributed by atoms with Crippen LogP contribution in [-0.2, 0) is 11.8 Å². The van der Waals surface area contributed by atoms with Crippen LogP contribution in [0.4, 0.5) is 33.6 Å². The number of anilines is 5. The Morgan fingerprint density at radius 1 is 1.12 bits per heavy atom. The third-order valence-electron chi connectivity index (χ3n) is 5.39. The molecule has 0 saturated carbocycles. The van der Waals surface area contributed by atoms with E-state index in [0.717, 1.165) is 6.08 Å². The number of nitrogens with one attached hydrogen (secondary N) is 4. The third-order valence-corrected chi connectivity index (χ3v) is 6.14. The predicted molar refractivity (Wildman–Crippen MR) is 156 cm³/mol. The summed E-state index contributed by atoms with van der Waals surface area (Å²) >= 11 is 12.9. The topological polar surface area (TPSA) is 148 Å². The van der Waals surface area contributed by atoms with E-state index in [0.29, 0.717) is 23.9 Å². The van der Waals surface area contributed by atoms with Gasteiger partial charge in [0.05, 0.1) is 26.1 Å². The molecule has 0 fully saturated rings. The highest BCUT2D eigenvalue weighted by molar-refractivity contribution is 6.41. The summed E-state index contributed by atoms with van der Waals surface area (Å²) in [7, 11) is 4.59. The van der Waals surface area contributed by atoms with E-state index in [4.69, 9.17) is 32.7 Å². The van der Waals surface area contributed by atoms with Gasteiger partial charge in [-0.25, -0.2) is 14.8 Å². The number of methoxy groups -OCH3 is 2. The Balaban J connectivity index is 1.94. The molecular weight excluding hydrogens is 561 g/mol. The molecule has 0 atom stereocenters. The van der Waals surface area contributed by atoms with Crippen LogP contribution in [0.3, 0.4) is 0 Å². The molecule has 3 aromatic rings. The van der Waals surface area contributed by atoms with E-state index in [1.54, 1.807) is 19.3 Å². The third kappa shape index (κ3) is 7.52. The van der Waals surface area contributed by atoms with Crippen molar-refractivity contribution in [3.05, 3.63) is 47.4 Å². The summed E-state index contributed by atoms with van der Waals surface area (Å²) in [6, 6.07) is 2.72. The predicted octanol–water partition coefficient (Wildman–Crippen LogP) is 4.44. The number of halogens is 2. The molecule has 3 amide bonds. The number of hydrogen-bond donors (Lipinski definition) is 4. The van der Waals surface area contributed by atoms with Crippen LogP contribution >= 0.6 is 23.2 Å². The maximum Gasteiger partial charge on any atom is 0.327 e. The number of benzene rings is 1. The highest BCUT2D eigenvalue weighted by atomic mass is 35.5. The Kier molecular flexibility index (Phi) is 10.5. The van der Waals surface area contributed by atoms with Crippen molar-refractivity contribution in [2.24, 2.45) is 7.05 Å². The van der Waals surface area contributed by atoms with Crippen LogP contribution in [0.15, 0.2) is 37.3 Å². The van der Waals surface area contributed by atoms with Crippen molar-refractivity contribution in [3.8, 4) is 11.5 Å². The van der Waals surface area contributed by atoms with Crippen LogP contribution in [0.1, 0.15) is 13.8 Å². The standard InChI is InChI=1S/C25H31Cl2N9O4/c1-7-20(37)31-15-12-35(4)34-24(15)32-18-11-19(30-13-29-18)36(9-8-28-14(2)3)25(38)33-23-21(26)16(39-5)10-17(40-6)22(23)27/h7,10-14,28H,1,8-9H2,2-6H3,(H,31,37)(H,33,38)(H,29,30,32,34). The van der Waals surface area contributed by atoms with Gasteiger partial charge in [0, 0.05) is 38.3 Å². The molecule has 15 heteroatoms. The van der Waals surface area contributed by atoms with E-state index in [-0.39, 0.29) is 45.6 Å². The summed E-state index contributed by atoms with van der Waals surface area (Å²) in [4.78, 5) is 35.4. The molecule has 0 aliphatic carbocycles. The molecule has 0 saturated heterocycles. The number of carbonyl (C=O) groups is 2. The Morgan fingerprint density at radius 3 is 2.40 bits per heavy atom. The van der Waals surface area contributed by atoms with E-state index in [2.05, 4.69) is 42.9 Å². The van der Waals surface area contributed by atoms with Gasteiger partial charge in [0.2, 0.25) is 5.91 Å². The lowest BCUT2D eigenvalue weighted by Crippen LogP contribution is -2.41. The molecule has 4 N–H and O–H groups in total. The molecule has 0 aliphatic rings. The monoisotopic (exact) mass is 591 g/mol. The molecular formula is C25H31Cl2N9O4. The average molecular weight is 592 g/mol. The first-order chi connectivity index (χ1) is 19.1. The van der Waals surface area contributed by atoms with Crippen molar-refractivity contribution >= 4 is 64.0 Å². The van der Waals surface area contributed by atoms with Crippen LogP contribution in [0, 0.1) is 0 Å². The molecule has 1 aromatic carbocycles. The molecule has 3 rings (SSSR count). The summed E-state index contributed by atoms with van der Waals surface area (Å²) in [6.07, 6.45) is 4.07. The highest BCUT2D eigenvalue weighted by Crippen LogP contribution is 2.44. The molecule has 0 unspecified atom stereocenters. The lowest BCUT2D eigenvalue weighted by Gasteiger charge is -2.24. The number of aryl methyl sites for hydroxylation is 1. The van der Waals surface area contributed by atoms with Crippen molar-refractivity contribution < 1.29 is 19.1 Å². The summed E-state index contributed by atoms with van der Waals surface area (Å²) in [5.74, 6) is 1.08. The molecule has 0 radical (unpaired) electrons. The minimum atomic E-state index is -0.564. The fourth-order valence-electron chi connectivity index (χ4n) is 3.50.